The molecule has 2 rings (SSSR count). The van der Waals surface area contributed by atoms with Crippen molar-refractivity contribution in [3.8, 4) is 5.88 Å². The van der Waals surface area contributed by atoms with Crippen LogP contribution < -0.4 is 10.1 Å². The van der Waals surface area contributed by atoms with Crippen LogP contribution in [0.15, 0.2) is 12.3 Å². The van der Waals surface area contributed by atoms with Crippen LogP contribution in [0.25, 0.3) is 0 Å². The molecule has 1 aliphatic rings. The third kappa shape index (κ3) is 4.58. The van der Waals surface area contributed by atoms with E-state index in [2.05, 4.69) is 24.1 Å². The van der Waals surface area contributed by atoms with E-state index in [0.717, 1.165) is 12.8 Å². The van der Waals surface area contributed by atoms with E-state index in [4.69, 9.17) is 21.1 Å². The molecule has 0 bridgehead atoms. The number of rotatable bonds is 6. The van der Waals surface area contributed by atoms with E-state index in [9.17, 15) is 4.79 Å². The van der Waals surface area contributed by atoms with Crippen molar-refractivity contribution in [3.05, 3.63) is 22.8 Å². The second kappa shape index (κ2) is 7.61. The molecule has 5 nitrogen and oxygen atoms in total. The van der Waals surface area contributed by atoms with Gasteiger partial charge in [0.15, 0.2) is 0 Å². The number of carbonyl (C=O) groups excluding carboxylic acids is 1. The maximum absolute atomic E-state index is 12.0. The molecule has 1 fully saturated rings. The van der Waals surface area contributed by atoms with Gasteiger partial charge in [0.1, 0.15) is 11.1 Å². The Kier molecular flexibility index (Phi) is 5.82. The van der Waals surface area contributed by atoms with Crippen LogP contribution in [-0.2, 0) is 4.74 Å². The molecule has 116 valence electrons. The van der Waals surface area contributed by atoms with Gasteiger partial charge < -0.3 is 14.8 Å². The summed E-state index contributed by atoms with van der Waals surface area (Å²) >= 11 is 6.13. The molecule has 2 atom stereocenters. The highest BCUT2D eigenvalue weighted by Gasteiger charge is 2.20. The van der Waals surface area contributed by atoms with Crippen LogP contribution in [0.1, 0.15) is 37.0 Å². The molecule has 0 aromatic carbocycles. The van der Waals surface area contributed by atoms with Crippen molar-refractivity contribution in [2.24, 2.45) is 5.92 Å². The zero-order valence-electron chi connectivity index (χ0n) is 12.4. The van der Waals surface area contributed by atoms with Crippen LogP contribution in [-0.4, -0.2) is 36.8 Å². The maximum Gasteiger partial charge on any atom is 0.252 e. The van der Waals surface area contributed by atoms with Gasteiger partial charge in [-0.3, -0.25) is 4.79 Å². The van der Waals surface area contributed by atoms with Gasteiger partial charge in [0.2, 0.25) is 5.88 Å². The van der Waals surface area contributed by atoms with E-state index in [1.807, 2.05) is 0 Å². The fourth-order valence-electron chi connectivity index (χ4n) is 1.91. The Labute approximate surface area is 130 Å². The first kappa shape index (κ1) is 16.0. The SMILES string of the molecule is CCC(C)CNC(=O)c1cnc(OC2CCOC2)c(Cl)c1. The molecule has 0 spiro atoms. The molecule has 2 unspecified atom stereocenters. The molecular formula is C15H21ClN2O3. The number of ether oxygens (including phenoxy) is 2. The van der Waals surface area contributed by atoms with E-state index in [1.165, 1.54) is 6.20 Å². The van der Waals surface area contributed by atoms with Gasteiger partial charge in [0.25, 0.3) is 5.91 Å². The fourth-order valence-corrected chi connectivity index (χ4v) is 2.12. The monoisotopic (exact) mass is 312 g/mol. The van der Waals surface area contributed by atoms with Crippen molar-refractivity contribution in [2.75, 3.05) is 19.8 Å². The summed E-state index contributed by atoms with van der Waals surface area (Å²) in [5, 5.41) is 3.22. The summed E-state index contributed by atoms with van der Waals surface area (Å²) in [6, 6.07) is 1.59. The van der Waals surface area contributed by atoms with E-state index in [-0.39, 0.29) is 12.0 Å². The number of hydrogen-bond donors (Lipinski definition) is 1. The Morgan fingerprint density at radius 2 is 2.48 bits per heavy atom. The third-order valence-electron chi connectivity index (χ3n) is 3.54. The number of nitrogens with zero attached hydrogens (tertiary/aromatic N) is 1. The molecule has 1 aliphatic heterocycles. The minimum atomic E-state index is -0.166. The Balaban J connectivity index is 1.95. The van der Waals surface area contributed by atoms with Crippen LogP contribution in [0.3, 0.4) is 0 Å². The summed E-state index contributed by atoms with van der Waals surface area (Å²) in [4.78, 5) is 16.1. The van der Waals surface area contributed by atoms with Gasteiger partial charge in [-0.25, -0.2) is 4.98 Å². The van der Waals surface area contributed by atoms with Crippen LogP contribution in [0.2, 0.25) is 5.02 Å². The van der Waals surface area contributed by atoms with Gasteiger partial charge in [-0.15, -0.1) is 0 Å². The molecule has 1 aromatic rings. The molecule has 0 saturated carbocycles. The summed E-state index contributed by atoms with van der Waals surface area (Å²) in [5.74, 6) is 0.633. The number of carbonyl (C=O) groups is 1. The molecule has 6 heteroatoms. The number of amides is 1. The standard InChI is InChI=1S/C15H21ClN2O3/c1-3-10(2)7-17-14(19)11-6-13(16)15(18-8-11)21-12-4-5-20-9-12/h6,8,10,12H,3-5,7,9H2,1-2H3,(H,17,19). The lowest BCUT2D eigenvalue weighted by molar-refractivity contribution is 0.0947. The summed E-state index contributed by atoms with van der Waals surface area (Å²) in [6.07, 6.45) is 3.33. The number of aromatic nitrogens is 1. The lowest BCUT2D eigenvalue weighted by Crippen LogP contribution is -2.28. The minimum absolute atomic E-state index is 0.0138. The van der Waals surface area contributed by atoms with E-state index in [0.29, 0.717) is 42.1 Å². The van der Waals surface area contributed by atoms with E-state index < -0.39 is 0 Å². The molecule has 0 aliphatic carbocycles. The van der Waals surface area contributed by atoms with Crippen LogP contribution in [0.5, 0.6) is 5.88 Å². The van der Waals surface area contributed by atoms with Crippen molar-refractivity contribution >= 4 is 17.5 Å². The number of nitrogens with one attached hydrogen (secondary N) is 1. The lowest BCUT2D eigenvalue weighted by atomic mass is 10.1. The lowest BCUT2D eigenvalue weighted by Gasteiger charge is -2.13. The Hall–Kier alpha value is -1.33. The second-order valence-electron chi connectivity index (χ2n) is 5.34. The highest BCUT2D eigenvalue weighted by Crippen LogP contribution is 2.25. The largest absolute Gasteiger partial charge is 0.471 e. The summed E-state index contributed by atoms with van der Waals surface area (Å²) in [7, 11) is 0. The number of pyridine rings is 1. The Morgan fingerprint density at radius 3 is 3.10 bits per heavy atom. The van der Waals surface area contributed by atoms with Crippen molar-refractivity contribution in [2.45, 2.75) is 32.8 Å². The normalized spacial score (nSPS) is 19.3. The van der Waals surface area contributed by atoms with Crippen LogP contribution >= 0.6 is 11.6 Å². The first-order valence-electron chi connectivity index (χ1n) is 7.28. The first-order valence-corrected chi connectivity index (χ1v) is 7.66. The smallest absolute Gasteiger partial charge is 0.252 e. The highest BCUT2D eigenvalue weighted by molar-refractivity contribution is 6.32. The van der Waals surface area contributed by atoms with E-state index >= 15 is 0 Å². The van der Waals surface area contributed by atoms with Gasteiger partial charge in [-0.05, 0) is 12.0 Å². The minimum Gasteiger partial charge on any atom is -0.471 e. The Bertz CT molecular complexity index is 490. The van der Waals surface area contributed by atoms with Crippen molar-refractivity contribution in [1.29, 1.82) is 0 Å². The summed E-state index contributed by atoms with van der Waals surface area (Å²) < 4.78 is 10.9. The van der Waals surface area contributed by atoms with Crippen molar-refractivity contribution in [3.63, 3.8) is 0 Å². The molecule has 2 heterocycles. The number of hydrogen-bond acceptors (Lipinski definition) is 4. The zero-order valence-corrected chi connectivity index (χ0v) is 13.2. The average Bonchev–Trinajstić information content (AvgIpc) is 2.99. The summed E-state index contributed by atoms with van der Waals surface area (Å²) in [5.41, 5.74) is 0.443. The zero-order chi connectivity index (χ0) is 15.2. The highest BCUT2D eigenvalue weighted by atomic mass is 35.5. The predicted molar refractivity (Wildman–Crippen MR) is 80.9 cm³/mol. The number of halogens is 1. The quantitative estimate of drug-likeness (QED) is 0.877. The third-order valence-corrected chi connectivity index (χ3v) is 3.81. The fraction of sp³-hybridized carbons (Fsp3) is 0.600. The van der Waals surface area contributed by atoms with Crippen molar-refractivity contribution in [1.82, 2.24) is 10.3 Å². The molecule has 1 amide bonds. The molecule has 1 aromatic heterocycles. The Morgan fingerprint density at radius 1 is 1.67 bits per heavy atom. The van der Waals surface area contributed by atoms with Crippen molar-refractivity contribution < 1.29 is 14.3 Å². The topological polar surface area (TPSA) is 60.5 Å². The predicted octanol–water partition coefficient (Wildman–Crippen LogP) is 2.68. The van der Waals surface area contributed by atoms with E-state index in [1.54, 1.807) is 6.07 Å². The van der Waals surface area contributed by atoms with Gasteiger partial charge in [-0.1, -0.05) is 31.9 Å². The molecule has 21 heavy (non-hydrogen) atoms. The second-order valence-corrected chi connectivity index (χ2v) is 5.75. The van der Waals surface area contributed by atoms with Gasteiger partial charge in [0, 0.05) is 19.2 Å². The molecule has 0 radical (unpaired) electrons. The van der Waals surface area contributed by atoms with Gasteiger partial charge >= 0.3 is 0 Å². The summed E-state index contributed by atoms with van der Waals surface area (Å²) in [6.45, 7) is 6.07. The molecular weight excluding hydrogens is 292 g/mol. The first-order chi connectivity index (χ1) is 10.1. The van der Waals surface area contributed by atoms with Gasteiger partial charge in [-0.2, -0.15) is 0 Å². The van der Waals surface area contributed by atoms with Gasteiger partial charge in [0.05, 0.1) is 18.8 Å². The average molecular weight is 313 g/mol. The van der Waals surface area contributed by atoms with Crippen LogP contribution in [0, 0.1) is 5.92 Å². The molecule has 1 N–H and O–H groups in total. The van der Waals surface area contributed by atoms with Crippen LogP contribution in [0.4, 0.5) is 0 Å². The molecule has 1 saturated heterocycles. The maximum atomic E-state index is 12.0.